The average molecular weight is 775 g/mol. The van der Waals surface area contributed by atoms with E-state index in [1.807, 2.05) is 60.8 Å². The number of nitrogens with zero attached hydrogens (tertiary/aromatic N) is 4. The number of ether oxygens (including phenoxy) is 1. The first kappa shape index (κ1) is 36.8. The van der Waals surface area contributed by atoms with E-state index in [1.54, 1.807) is 60.2 Å². The fourth-order valence-electron chi connectivity index (χ4n) is 7.27. The molecule has 1 aliphatic rings. The number of para-hydroxylation sites is 1. The van der Waals surface area contributed by atoms with E-state index in [0.717, 1.165) is 28.0 Å². The SMILES string of the molecule is COC(=O)c1sccc1NC(=O)N[C@@H]1N=C(c2ccccc2F)c2ccccc2N(Cc2cn(C(c3ccccc3)(c3ccccc3)c3ccccc3)cn2)C1=O. The van der Waals surface area contributed by atoms with Gasteiger partial charge in [-0.2, -0.15) is 0 Å². The van der Waals surface area contributed by atoms with Gasteiger partial charge in [-0.05, 0) is 46.3 Å². The molecule has 12 heteroatoms. The molecule has 1 atom stereocenters. The maximum atomic E-state index is 15.5. The lowest BCUT2D eigenvalue weighted by atomic mass is 9.77. The van der Waals surface area contributed by atoms with Crippen LogP contribution in [0, 0.1) is 5.82 Å². The summed E-state index contributed by atoms with van der Waals surface area (Å²) in [5.41, 5.74) is 4.18. The van der Waals surface area contributed by atoms with Crippen molar-refractivity contribution in [2.45, 2.75) is 18.2 Å². The van der Waals surface area contributed by atoms with E-state index in [9.17, 15) is 14.4 Å². The Morgan fingerprint density at radius 3 is 1.98 bits per heavy atom. The minimum atomic E-state index is -1.51. The first-order valence-electron chi connectivity index (χ1n) is 18.0. The van der Waals surface area contributed by atoms with Crippen LogP contribution in [0.4, 0.5) is 20.6 Å². The summed E-state index contributed by atoms with van der Waals surface area (Å²) in [6.45, 7) is -0.0197. The molecule has 0 bridgehead atoms. The fraction of sp³-hybridized carbons (Fsp3) is 0.0889. The monoisotopic (exact) mass is 774 g/mol. The van der Waals surface area contributed by atoms with Crippen LogP contribution in [-0.2, 0) is 21.6 Å². The van der Waals surface area contributed by atoms with Crippen LogP contribution >= 0.6 is 11.3 Å². The van der Waals surface area contributed by atoms with E-state index in [2.05, 4.69) is 51.6 Å². The number of carbonyl (C=O) groups excluding carboxylic acids is 3. The van der Waals surface area contributed by atoms with Crippen molar-refractivity contribution in [3.63, 3.8) is 0 Å². The van der Waals surface area contributed by atoms with Gasteiger partial charge in [-0.1, -0.05) is 121 Å². The highest BCUT2D eigenvalue weighted by atomic mass is 32.1. The molecular formula is C45H35FN6O4S. The lowest BCUT2D eigenvalue weighted by Crippen LogP contribution is -2.48. The van der Waals surface area contributed by atoms with Crippen LogP contribution < -0.4 is 15.5 Å². The lowest BCUT2D eigenvalue weighted by molar-refractivity contribution is -0.120. The van der Waals surface area contributed by atoms with E-state index in [0.29, 0.717) is 16.9 Å². The molecule has 5 aromatic carbocycles. The van der Waals surface area contributed by atoms with Crippen LogP contribution in [0.1, 0.15) is 43.2 Å². The normalized spacial score (nSPS) is 13.9. The molecule has 1 aliphatic heterocycles. The number of carbonyl (C=O) groups is 3. The fourth-order valence-corrected chi connectivity index (χ4v) is 8.04. The topological polar surface area (TPSA) is 118 Å². The summed E-state index contributed by atoms with van der Waals surface area (Å²) in [5, 5.41) is 6.94. The second kappa shape index (κ2) is 15.9. The Morgan fingerprint density at radius 2 is 1.37 bits per heavy atom. The Bertz CT molecular complexity index is 2500. The predicted molar refractivity (Wildman–Crippen MR) is 218 cm³/mol. The number of fused-ring (bicyclic) bond motifs is 1. The Labute approximate surface area is 331 Å². The van der Waals surface area contributed by atoms with Gasteiger partial charge in [0.15, 0.2) is 0 Å². The zero-order chi connectivity index (χ0) is 39.4. The second-order valence-electron chi connectivity index (χ2n) is 13.1. The van der Waals surface area contributed by atoms with Gasteiger partial charge in [-0.15, -0.1) is 11.3 Å². The van der Waals surface area contributed by atoms with Gasteiger partial charge in [-0.25, -0.2) is 24.0 Å². The molecule has 3 heterocycles. The van der Waals surface area contributed by atoms with Crippen LogP contribution in [-0.4, -0.2) is 46.4 Å². The number of esters is 1. The number of rotatable bonds is 10. The highest BCUT2D eigenvalue weighted by Gasteiger charge is 2.39. The van der Waals surface area contributed by atoms with Crippen LogP contribution in [0.5, 0.6) is 0 Å². The van der Waals surface area contributed by atoms with Crippen molar-refractivity contribution in [2.24, 2.45) is 4.99 Å². The number of aliphatic imine (C=N–C) groups is 1. The zero-order valence-corrected chi connectivity index (χ0v) is 31.4. The first-order valence-corrected chi connectivity index (χ1v) is 18.9. The van der Waals surface area contributed by atoms with Crippen molar-refractivity contribution in [3.05, 3.63) is 208 Å². The zero-order valence-electron chi connectivity index (χ0n) is 30.6. The highest BCUT2D eigenvalue weighted by Crippen LogP contribution is 2.41. The van der Waals surface area contributed by atoms with Gasteiger partial charge in [0, 0.05) is 17.3 Å². The summed E-state index contributed by atoms with van der Waals surface area (Å²) in [6, 6.07) is 44.5. The smallest absolute Gasteiger partial charge is 0.350 e. The number of methoxy groups -OCH3 is 1. The molecule has 0 saturated heterocycles. The maximum Gasteiger partial charge on any atom is 0.350 e. The minimum absolute atomic E-state index is 0.0197. The second-order valence-corrected chi connectivity index (χ2v) is 14.1. The van der Waals surface area contributed by atoms with Gasteiger partial charge in [0.05, 0.1) is 42.8 Å². The van der Waals surface area contributed by atoms with Crippen molar-refractivity contribution in [3.8, 4) is 0 Å². The number of amides is 3. The number of benzodiazepines with no additional fused rings is 1. The van der Waals surface area contributed by atoms with Gasteiger partial charge in [0.2, 0.25) is 6.17 Å². The number of nitrogens with one attached hydrogen (secondary N) is 2. The van der Waals surface area contributed by atoms with Crippen molar-refractivity contribution < 1.29 is 23.5 Å². The predicted octanol–water partition coefficient (Wildman–Crippen LogP) is 8.24. The molecule has 0 fully saturated rings. The van der Waals surface area contributed by atoms with Gasteiger partial charge in [0.1, 0.15) is 16.2 Å². The standard InChI is InChI=1S/C45H35FN6O4S/c1-56-43(54)40-37(25-26-57-40)48-44(55)50-41-42(53)52(38-24-14-12-22-35(38)39(49-41)34-21-11-13-23-36(34)46)28-33-27-51(29-47-33)45(30-15-5-2-6-16-30,31-17-7-3-8-18-31)32-19-9-4-10-20-32/h2-27,29,41H,28H2,1H3,(H2,48,50,55)/t41-/m0/s1. The van der Waals surface area contributed by atoms with Crippen LogP contribution in [0.2, 0.25) is 0 Å². The number of thiophene rings is 1. The maximum absolute atomic E-state index is 15.5. The quantitative estimate of drug-likeness (QED) is 0.107. The largest absolute Gasteiger partial charge is 0.465 e. The third-order valence-electron chi connectivity index (χ3n) is 9.81. The Hall–Kier alpha value is -7.18. The molecule has 2 N–H and O–H groups in total. The molecule has 2 aromatic heterocycles. The van der Waals surface area contributed by atoms with Crippen molar-refractivity contribution in [1.82, 2.24) is 14.9 Å². The van der Waals surface area contributed by atoms with Gasteiger partial charge in [0.25, 0.3) is 5.91 Å². The number of urea groups is 1. The summed E-state index contributed by atoms with van der Waals surface area (Å²) in [6.07, 6.45) is 2.18. The number of anilines is 2. The van der Waals surface area contributed by atoms with Gasteiger partial charge >= 0.3 is 12.0 Å². The summed E-state index contributed by atoms with van der Waals surface area (Å²) in [7, 11) is 1.25. The molecule has 8 rings (SSSR count). The van der Waals surface area contributed by atoms with E-state index in [-0.39, 0.29) is 28.4 Å². The minimum Gasteiger partial charge on any atom is -0.465 e. The van der Waals surface area contributed by atoms with Crippen LogP contribution in [0.25, 0.3) is 0 Å². The van der Waals surface area contributed by atoms with Crippen molar-refractivity contribution >= 4 is 46.3 Å². The molecule has 0 unspecified atom stereocenters. The summed E-state index contributed by atoms with van der Waals surface area (Å²) >= 11 is 1.10. The first-order chi connectivity index (χ1) is 27.9. The number of hydrogen-bond acceptors (Lipinski definition) is 7. The molecule has 0 spiro atoms. The summed E-state index contributed by atoms with van der Waals surface area (Å²) < 4.78 is 22.4. The van der Waals surface area contributed by atoms with E-state index in [1.165, 1.54) is 18.1 Å². The summed E-state index contributed by atoms with van der Waals surface area (Å²) in [4.78, 5) is 52.0. The molecule has 0 saturated carbocycles. The van der Waals surface area contributed by atoms with E-state index in [4.69, 9.17) is 14.7 Å². The molecule has 282 valence electrons. The van der Waals surface area contributed by atoms with Crippen LogP contribution in [0.15, 0.2) is 168 Å². The van der Waals surface area contributed by atoms with Crippen molar-refractivity contribution in [1.29, 1.82) is 0 Å². The van der Waals surface area contributed by atoms with Gasteiger partial charge < -0.3 is 24.8 Å². The molecular weight excluding hydrogens is 740 g/mol. The molecule has 0 radical (unpaired) electrons. The number of benzene rings is 5. The number of aromatic nitrogens is 2. The number of halogens is 1. The molecule has 3 amide bonds. The molecule has 57 heavy (non-hydrogen) atoms. The molecule has 10 nitrogen and oxygen atoms in total. The molecule has 0 aliphatic carbocycles. The molecule has 7 aromatic rings. The Morgan fingerprint density at radius 1 is 0.789 bits per heavy atom. The average Bonchev–Trinajstić information content (AvgIpc) is 3.91. The van der Waals surface area contributed by atoms with Crippen molar-refractivity contribution in [2.75, 3.05) is 17.3 Å². The Kier molecular flexibility index (Phi) is 10.3. The summed E-state index contributed by atoms with van der Waals surface area (Å²) in [5.74, 6) is -1.76. The lowest BCUT2D eigenvalue weighted by Gasteiger charge is -2.37. The van der Waals surface area contributed by atoms with E-state index < -0.39 is 35.4 Å². The van der Waals surface area contributed by atoms with Gasteiger partial charge in [-0.3, -0.25) is 4.79 Å². The Balaban J connectivity index is 1.22. The number of hydrogen-bond donors (Lipinski definition) is 2. The highest BCUT2D eigenvalue weighted by molar-refractivity contribution is 7.12. The third-order valence-corrected chi connectivity index (χ3v) is 10.7. The van der Waals surface area contributed by atoms with E-state index >= 15 is 4.39 Å². The number of imidazole rings is 1. The van der Waals surface area contributed by atoms with Crippen LogP contribution in [0.3, 0.4) is 0 Å². The third kappa shape index (κ3) is 6.98.